The van der Waals surface area contributed by atoms with Crippen LogP contribution in [0, 0.1) is 20.8 Å². The van der Waals surface area contributed by atoms with Crippen LogP contribution in [-0.2, 0) is 0 Å². The van der Waals surface area contributed by atoms with Crippen molar-refractivity contribution in [3.05, 3.63) is 138 Å². The number of pyridine rings is 1. The van der Waals surface area contributed by atoms with E-state index >= 15 is 0 Å². The van der Waals surface area contributed by atoms with Crippen molar-refractivity contribution in [1.82, 2.24) is 14.1 Å². The highest BCUT2D eigenvalue weighted by molar-refractivity contribution is 6.22. The molecule has 0 N–H and O–H groups in total. The topological polar surface area (TPSA) is 22.8 Å². The highest BCUT2D eigenvalue weighted by Gasteiger charge is 2.24. The average molecular weight is 528 g/mol. The van der Waals surface area contributed by atoms with Crippen molar-refractivity contribution in [2.45, 2.75) is 20.8 Å². The van der Waals surface area contributed by atoms with Crippen molar-refractivity contribution in [1.29, 1.82) is 0 Å². The zero-order chi connectivity index (χ0) is 27.7. The van der Waals surface area contributed by atoms with Crippen molar-refractivity contribution >= 4 is 43.7 Å². The molecule has 0 bridgehead atoms. The molecule has 0 amide bonds. The van der Waals surface area contributed by atoms with Gasteiger partial charge < -0.3 is 0 Å². The fourth-order valence-electron chi connectivity index (χ4n) is 6.44. The second-order valence-corrected chi connectivity index (χ2v) is 11.0. The minimum atomic E-state index is 1.02. The number of fused-ring (bicyclic) bond motifs is 6. The number of nitrogens with zero attached hydrogens (tertiary/aromatic N) is 3. The predicted octanol–water partition coefficient (Wildman–Crippen LogP) is 9.87. The number of rotatable bonds is 3. The molecular formula is C38H29N3. The van der Waals surface area contributed by atoms with Gasteiger partial charge in [0.2, 0.25) is 0 Å². The minimum Gasteiger partial charge on any atom is -0.295 e. The molecule has 0 saturated heterocycles. The summed E-state index contributed by atoms with van der Waals surface area (Å²) in [6.45, 7) is 6.49. The van der Waals surface area contributed by atoms with Crippen molar-refractivity contribution < 1.29 is 0 Å². The SMILES string of the molecule is Cc1ccc2cccc(-c3cc(C)c(C)cc3-n3c4ccccc4c4c5ccccc5n(-c5ccccc5)c43)c2n1. The Hall–Kier alpha value is -5.15. The summed E-state index contributed by atoms with van der Waals surface area (Å²) in [5.74, 6) is 0. The molecule has 0 spiro atoms. The first-order valence-corrected chi connectivity index (χ1v) is 14.2. The third kappa shape index (κ3) is 3.49. The lowest BCUT2D eigenvalue weighted by Crippen LogP contribution is -2.04. The van der Waals surface area contributed by atoms with Crippen LogP contribution in [0.2, 0.25) is 0 Å². The Morgan fingerprint density at radius 1 is 0.537 bits per heavy atom. The molecule has 3 aromatic heterocycles. The predicted molar refractivity (Wildman–Crippen MR) is 173 cm³/mol. The van der Waals surface area contributed by atoms with Crippen molar-refractivity contribution in [3.8, 4) is 22.5 Å². The molecule has 8 rings (SSSR count). The molecule has 0 aliphatic carbocycles. The van der Waals surface area contributed by atoms with Gasteiger partial charge in [-0.25, -0.2) is 0 Å². The smallest absolute Gasteiger partial charge is 0.131 e. The molecule has 3 heteroatoms. The van der Waals surface area contributed by atoms with Crippen LogP contribution in [0.3, 0.4) is 0 Å². The lowest BCUT2D eigenvalue weighted by atomic mass is 9.96. The Labute approximate surface area is 238 Å². The number of hydrogen-bond donors (Lipinski definition) is 0. The summed E-state index contributed by atoms with van der Waals surface area (Å²) in [4.78, 5) is 5.04. The molecule has 0 aliphatic rings. The molecule has 41 heavy (non-hydrogen) atoms. The second-order valence-electron chi connectivity index (χ2n) is 11.0. The molecule has 0 unspecified atom stereocenters. The summed E-state index contributed by atoms with van der Waals surface area (Å²) in [5, 5.41) is 4.94. The maximum atomic E-state index is 5.04. The van der Waals surface area contributed by atoms with Crippen molar-refractivity contribution in [3.63, 3.8) is 0 Å². The Morgan fingerprint density at radius 3 is 1.95 bits per heavy atom. The highest BCUT2D eigenvalue weighted by Crippen LogP contribution is 2.43. The molecule has 0 atom stereocenters. The van der Waals surface area contributed by atoms with Gasteiger partial charge in [0.1, 0.15) is 5.65 Å². The van der Waals surface area contributed by atoms with Gasteiger partial charge >= 0.3 is 0 Å². The second kappa shape index (κ2) is 8.94. The summed E-state index contributed by atoms with van der Waals surface area (Å²) < 4.78 is 4.91. The Balaban J connectivity index is 1.60. The van der Waals surface area contributed by atoms with Crippen LogP contribution in [0.15, 0.2) is 121 Å². The summed E-state index contributed by atoms with van der Waals surface area (Å²) in [6.07, 6.45) is 0. The van der Waals surface area contributed by atoms with Gasteiger partial charge in [-0.2, -0.15) is 0 Å². The van der Waals surface area contributed by atoms with Gasteiger partial charge in [0, 0.05) is 44.1 Å². The monoisotopic (exact) mass is 527 g/mol. The van der Waals surface area contributed by atoms with Gasteiger partial charge in [0.15, 0.2) is 0 Å². The van der Waals surface area contributed by atoms with E-state index in [9.17, 15) is 0 Å². The van der Waals surface area contributed by atoms with Crippen molar-refractivity contribution in [2.24, 2.45) is 0 Å². The number of aromatic nitrogens is 3. The summed E-state index contributed by atoms with van der Waals surface area (Å²) in [5.41, 5.74) is 12.8. The molecule has 3 nitrogen and oxygen atoms in total. The number of hydrogen-bond acceptors (Lipinski definition) is 1. The molecular weight excluding hydrogens is 498 g/mol. The van der Waals surface area contributed by atoms with Gasteiger partial charge in [0.25, 0.3) is 0 Å². The molecule has 3 heterocycles. The quantitative estimate of drug-likeness (QED) is 0.224. The number of para-hydroxylation sites is 4. The Bertz CT molecular complexity index is 2280. The van der Waals surface area contributed by atoms with E-state index in [4.69, 9.17) is 4.98 Å². The standard InChI is InChI=1S/C38H29N3/c1-24-22-32(29-17-11-12-27-21-20-26(3)39-37(27)29)35(23-25(24)2)41-34-19-10-8-16-31(34)36-30-15-7-9-18-33(30)40(38(36)41)28-13-5-4-6-14-28/h4-23H,1-3H3. The summed E-state index contributed by atoms with van der Waals surface area (Å²) in [7, 11) is 0. The Kier molecular flexibility index (Phi) is 5.17. The average Bonchev–Trinajstić information content (AvgIpc) is 3.51. The number of benzene rings is 5. The molecule has 0 radical (unpaired) electrons. The van der Waals surface area contributed by atoms with E-state index < -0.39 is 0 Å². The van der Waals surface area contributed by atoms with E-state index in [2.05, 4.69) is 151 Å². The van der Waals surface area contributed by atoms with Crippen molar-refractivity contribution in [2.75, 3.05) is 0 Å². The molecule has 0 saturated carbocycles. The van der Waals surface area contributed by atoms with Crippen LogP contribution in [-0.4, -0.2) is 14.1 Å². The van der Waals surface area contributed by atoms with Gasteiger partial charge in [-0.05, 0) is 74.4 Å². The maximum Gasteiger partial charge on any atom is 0.131 e. The fraction of sp³-hybridized carbons (Fsp3) is 0.0789. The molecule has 5 aromatic carbocycles. The first-order valence-electron chi connectivity index (χ1n) is 14.2. The van der Waals surface area contributed by atoms with Crippen LogP contribution in [0.4, 0.5) is 0 Å². The van der Waals surface area contributed by atoms with Crippen LogP contribution in [0.1, 0.15) is 16.8 Å². The van der Waals surface area contributed by atoms with Gasteiger partial charge in [-0.3, -0.25) is 14.1 Å². The largest absolute Gasteiger partial charge is 0.295 e. The third-order valence-corrected chi connectivity index (χ3v) is 8.49. The summed E-state index contributed by atoms with van der Waals surface area (Å²) in [6, 6.07) is 43.8. The molecule has 8 aromatic rings. The van der Waals surface area contributed by atoms with Crippen LogP contribution in [0.25, 0.3) is 66.2 Å². The van der Waals surface area contributed by atoms with Crippen LogP contribution >= 0.6 is 0 Å². The summed E-state index contributed by atoms with van der Waals surface area (Å²) >= 11 is 0. The third-order valence-electron chi connectivity index (χ3n) is 8.49. The first-order chi connectivity index (χ1) is 20.1. The lowest BCUT2D eigenvalue weighted by Gasteiger charge is -2.19. The lowest BCUT2D eigenvalue weighted by molar-refractivity contribution is 1.06. The number of aryl methyl sites for hydroxylation is 3. The van der Waals surface area contributed by atoms with E-state index in [0.717, 1.165) is 33.5 Å². The normalized spacial score (nSPS) is 11.8. The van der Waals surface area contributed by atoms with E-state index in [1.165, 1.54) is 49.5 Å². The minimum absolute atomic E-state index is 1.02. The molecule has 0 aliphatic heterocycles. The van der Waals surface area contributed by atoms with Gasteiger partial charge in [-0.1, -0.05) is 78.9 Å². The van der Waals surface area contributed by atoms with Crippen LogP contribution in [0.5, 0.6) is 0 Å². The molecule has 196 valence electrons. The maximum absolute atomic E-state index is 5.04. The zero-order valence-corrected chi connectivity index (χ0v) is 23.4. The van der Waals surface area contributed by atoms with Crippen LogP contribution < -0.4 is 0 Å². The molecule has 0 fully saturated rings. The Morgan fingerprint density at radius 2 is 1.20 bits per heavy atom. The van der Waals surface area contributed by atoms with Gasteiger partial charge in [0.05, 0.1) is 22.2 Å². The zero-order valence-electron chi connectivity index (χ0n) is 23.4. The van der Waals surface area contributed by atoms with E-state index in [1.807, 2.05) is 0 Å². The fourth-order valence-corrected chi connectivity index (χ4v) is 6.44. The first kappa shape index (κ1) is 23.7. The van der Waals surface area contributed by atoms with Gasteiger partial charge in [-0.15, -0.1) is 0 Å². The van der Waals surface area contributed by atoms with E-state index in [-0.39, 0.29) is 0 Å². The highest BCUT2D eigenvalue weighted by atomic mass is 15.1. The van der Waals surface area contributed by atoms with E-state index in [0.29, 0.717) is 0 Å². The van der Waals surface area contributed by atoms with E-state index in [1.54, 1.807) is 0 Å².